The van der Waals surface area contributed by atoms with Gasteiger partial charge >= 0.3 is 0 Å². The third-order valence-corrected chi connectivity index (χ3v) is 6.51. The van der Waals surface area contributed by atoms with E-state index < -0.39 is 0 Å². The predicted octanol–water partition coefficient (Wildman–Crippen LogP) is -11.2. The lowest BCUT2D eigenvalue weighted by Crippen LogP contribution is -2.57. The van der Waals surface area contributed by atoms with Crippen LogP contribution in [0.1, 0.15) is 25.3 Å². The van der Waals surface area contributed by atoms with Gasteiger partial charge in [-0.2, -0.15) is 0 Å². The highest BCUT2D eigenvalue weighted by atomic mass is 14.2. The second-order valence-corrected chi connectivity index (χ2v) is 7.94. The summed E-state index contributed by atoms with van der Waals surface area (Å²) in [5, 5.41) is 0. The van der Waals surface area contributed by atoms with Gasteiger partial charge in [0.25, 0.3) is 0 Å². The summed E-state index contributed by atoms with van der Waals surface area (Å²) in [7, 11) is 20.6. The predicted molar refractivity (Wildman–Crippen MR) is 140 cm³/mol. The van der Waals surface area contributed by atoms with E-state index in [1.54, 1.807) is 0 Å². The molecule has 0 saturated heterocycles. The highest BCUT2D eigenvalue weighted by molar-refractivity contribution is 6.70. The van der Waals surface area contributed by atoms with Crippen molar-refractivity contribution >= 4 is 120 Å². The van der Waals surface area contributed by atoms with Crippen molar-refractivity contribution in [2.24, 2.45) is 0 Å². The Morgan fingerprint density at radius 1 is 0.417 bits per heavy atom. The normalized spacial score (nSPS) is 11.1. The lowest BCUT2D eigenvalue weighted by molar-refractivity contribution is 0.881. The molecular formula is C15H25B9. The van der Waals surface area contributed by atoms with Crippen LogP contribution in [-0.2, 0) is 0 Å². The molecule has 9 heteroatoms. The molecule has 0 radical (unpaired) electrons. The van der Waals surface area contributed by atoms with Crippen LogP contribution in [0.2, 0.25) is 0 Å². The first-order chi connectivity index (χ1) is 11.0. The van der Waals surface area contributed by atoms with Gasteiger partial charge in [0.1, 0.15) is 70.6 Å². The first-order valence-corrected chi connectivity index (χ1v) is 9.19. The zero-order chi connectivity index (χ0) is 18.5. The Bertz CT molecular complexity index is 782. The Kier molecular flexibility index (Phi) is 5.43. The second-order valence-electron chi connectivity index (χ2n) is 7.94. The van der Waals surface area contributed by atoms with Gasteiger partial charge in [-0.3, -0.25) is 0 Å². The topological polar surface area (TPSA) is 0 Å². The van der Waals surface area contributed by atoms with Gasteiger partial charge in [-0.15, -0.1) is 16.4 Å². The molecule has 0 nitrogen and oxygen atoms in total. The second kappa shape index (κ2) is 6.73. The molecule has 0 aliphatic carbocycles. The quantitative estimate of drug-likeness (QED) is 0.484. The van der Waals surface area contributed by atoms with Crippen LogP contribution in [-0.4, -0.2) is 70.6 Å². The summed E-state index contributed by atoms with van der Waals surface area (Å²) < 4.78 is 0. The van der Waals surface area contributed by atoms with Crippen LogP contribution in [0.3, 0.4) is 0 Å². The molecule has 112 valence electrons. The van der Waals surface area contributed by atoms with Crippen molar-refractivity contribution in [1.82, 2.24) is 0 Å². The fourth-order valence-electron chi connectivity index (χ4n) is 4.46. The van der Waals surface area contributed by atoms with Gasteiger partial charge in [-0.1, -0.05) is 52.2 Å². The van der Waals surface area contributed by atoms with Crippen molar-refractivity contribution in [2.75, 3.05) is 0 Å². The number of hydrogen-bond donors (Lipinski definition) is 0. The summed E-state index contributed by atoms with van der Waals surface area (Å²) in [6.07, 6.45) is 0. The summed E-state index contributed by atoms with van der Waals surface area (Å²) in [5.41, 5.74) is 17.5. The molecule has 2 aromatic rings. The molecule has 0 aliphatic rings. The SMILES string of the molecule is Bc1c(B)c(B)c(-c2c(B)c(B)c(C(C)C)c(B)c2B)c(B)c1B. The van der Waals surface area contributed by atoms with E-state index in [1.165, 1.54) is 65.9 Å². The number of rotatable bonds is 2. The Morgan fingerprint density at radius 3 is 0.958 bits per heavy atom. The molecule has 0 saturated carbocycles. The maximum Gasteiger partial charge on any atom is 0.139 e. The molecule has 0 unspecified atom stereocenters. The van der Waals surface area contributed by atoms with E-state index >= 15 is 0 Å². The smallest absolute Gasteiger partial charge is 0.102 e. The summed E-state index contributed by atoms with van der Waals surface area (Å²) >= 11 is 0. The van der Waals surface area contributed by atoms with E-state index in [2.05, 4.69) is 84.5 Å². The zero-order valence-electron chi connectivity index (χ0n) is 17.6. The molecule has 0 bridgehead atoms. The monoisotopic (exact) mass is 304 g/mol. The maximum atomic E-state index is 2.31. The largest absolute Gasteiger partial charge is 0.139 e. The van der Waals surface area contributed by atoms with Crippen molar-refractivity contribution in [1.29, 1.82) is 0 Å². The first-order valence-electron chi connectivity index (χ1n) is 9.19. The van der Waals surface area contributed by atoms with Crippen molar-refractivity contribution in [3.05, 3.63) is 5.56 Å². The Morgan fingerprint density at radius 2 is 0.667 bits per heavy atom. The number of benzene rings is 2. The maximum absolute atomic E-state index is 2.31. The van der Waals surface area contributed by atoms with E-state index in [4.69, 9.17) is 0 Å². The molecule has 0 N–H and O–H groups in total. The molecule has 0 aliphatic heterocycles. The van der Waals surface area contributed by atoms with Crippen LogP contribution < -0.4 is 49.2 Å². The van der Waals surface area contributed by atoms with Gasteiger partial charge in [-0.25, -0.2) is 0 Å². The van der Waals surface area contributed by atoms with E-state index in [0.717, 1.165) is 0 Å². The van der Waals surface area contributed by atoms with Crippen LogP contribution in [0.15, 0.2) is 0 Å². The minimum atomic E-state index is 0.570. The van der Waals surface area contributed by atoms with E-state index in [0.29, 0.717) is 5.92 Å². The molecule has 0 heterocycles. The summed E-state index contributed by atoms with van der Waals surface area (Å²) in [5.74, 6) is 0.570. The summed E-state index contributed by atoms with van der Waals surface area (Å²) in [6, 6.07) is 0. The van der Waals surface area contributed by atoms with Crippen molar-refractivity contribution in [2.45, 2.75) is 19.8 Å². The van der Waals surface area contributed by atoms with Gasteiger partial charge in [-0.05, 0) is 17.0 Å². The van der Waals surface area contributed by atoms with Gasteiger partial charge in [0, 0.05) is 0 Å². The Hall–Kier alpha value is -0.976. The standard InChI is InChI=1S/C15H25B9/c1-3(2)4-7(16)9(18)5(10(19)8(4)17)6-11(20)13(22)15(24)14(23)12(6)21/h3H,16-24H2,1-2H3. The summed E-state index contributed by atoms with van der Waals surface area (Å²) in [6.45, 7) is 4.62. The van der Waals surface area contributed by atoms with Crippen LogP contribution in [0, 0.1) is 0 Å². The van der Waals surface area contributed by atoms with E-state index in [1.807, 2.05) is 0 Å². The van der Waals surface area contributed by atoms with Crippen molar-refractivity contribution in [3.63, 3.8) is 0 Å². The third-order valence-electron chi connectivity index (χ3n) is 6.51. The van der Waals surface area contributed by atoms with E-state index in [-0.39, 0.29) is 0 Å². The molecular weight excluding hydrogens is 277 g/mol. The van der Waals surface area contributed by atoms with Crippen LogP contribution in [0.4, 0.5) is 0 Å². The van der Waals surface area contributed by atoms with Gasteiger partial charge < -0.3 is 0 Å². The van der Waals surface area contributed by atoms with E-state index in [9.17, 15) is 0 Å². The number of hydrogen-bond acceptors (Lipinski definition) is 0. The highest BCUT2D eigenvalue weighted by Crippen LogP contribution is 2.12. The summed E-state index contributed by atoms with van der Waals surface area (Å²) in [4.78, 5) is 0. The Labute approximate surface area is 156 Å². The molecule has 0 atom stereocenters. The van der Waals surface area contributed by atoms with Gasteiger partial charge in [0.05, 0.1) is 0 Å². The lowest BCUT2D eigenvalue weighted by Gasteiger charge is -2.28. The fourth-order valence-corrected chi connectivity index (χ4v) is 4.46. The minimum Gasteiger partial charge on any atom is -0.102 e. The molecule has 0 amide bonds. The van der Waals surface area contributed by atoms with Crippen LogP contribution in [0.5, 0.6) is 0 Å². The van der Waals surface area contributed by atoms with Crippen molar-refractivity contribution in [3.8, 4) is 11.1 Å². The molecule has 24 heavy (non-hydrogen) atoms. The Balaban J connectivity index is 3.01. The van der Waals surface area contributed by atoms with Crippen LogP contribution >= 0.6 is 0 Å². The molecule has 2 rings (SSSR count). The minimum absolute atomic E-state index is 0.570. The average molecular weight is 303 g/mol. The first kappa shape index (κ1) is 19.4. The lowest BCUT2D eigenvalue weighted by atomic mass is 9.56. The van der Waals surface area contributed by atoms with Gasteiger partial charge in [0.15, 0.2) is 0 Å². The third kappa shape index (κ3) is 2.78. The average Bonchev–Trinajstić information content (AvgIpc) is 2.52. The van der Waals surface area contributed by atoms with Gasteiger partial charge in [0.2, 0.25) is 0 Å². The fraction of sp³-hybridized carbons (Fsp3) is 0.200. The highest BCUT2D eigenvalue weighted by Gasteiger charge is 2.20. The zero-order valence-corrected chi connectivity index (χ0v) is 17.6. The van der Waals surface area contributed by atoms with Crippen LogP contribution in [0.25, 0.3) is 11.1 Å². The van der Waals surface area contributed by atoms with Crippen molar-refractivity contribution < 1.29 is 0 Å². The molecule has 0 fully saturated rings. The molecule has 0 spiro atoms. The molecule has 0 aromatic heterocycles. The molecule has 2 aromatic carbocycles.